The molecule has 7 nitrogen and oxygen atoms in total. The molecule has 0 heterocycles. The third-order valence-corrected chi connectivity index (χ3v) is 3.34. The van der Waals surface area contributed by atoms with E-state index < -0.39 is 12.1 Å². The SMILES string of the molecule is CCCCCCCCCC(=O)OCC(O)COC(=O)CNC(C)=O. The average Bonchev–Trinajstić information content (AvgIpc) is 2.55. The number of carbonyl (C=O) groups is 3. The van der Waals surface area contributed by atoms with Crippen LogP contribution in [-0.2, 0) is 23.9 Å². The highest BCUT2D eigenvalue weighted by Gasteiger charge is 2.12. The highest BCUT2D eigenvalue weighted by molar-refractivity contribution is 5.80. The lowest BCUT2D eigenvalue weighted by Gasteiger charge is -2.12. The molecule has 7 heteroatoms. The van der Waals surface area contributed by atoms with Crippen LogP contribution in [0.2, 0.25) is 0 Å². The van der Waals surface area contributed by atoms with E-state index >= 15 is 0 Å². The summed E-state index contributed by atoms with van der Waals surface area (Å²) in [6.45, 7) is 2.73. The molecule has 0 aromatic carbocycles. The minimum Gasteiger partial charge on any atom is -0.463 e. The molecule has 24 heavy (non-hydrogen) atoms. The van der Waals surface area contributed by atoms with Crippen LogP contribution < -0.4 is 5.32 Å². The number of aliphatic hydroxyl groups is 1. The first-order valence-corrected chi connectivity index (χ1v) is 8.69. The standard InChI is InChI=1S/C17H31NO6/c1-3-4-5-6-7-8-9-10-16(21)23-12-15(20)13-24-17(22)11-18-14(2)19/h15,20H,3-13H2,1-2H3,(H,18,19). The van der Waals surface area contributed by atoms with Gasteiger partial charge in [0, 0.05) is 13.3 Å². The molecule has 0 saturated carbocycles. The zero-order valence-electron chi connectivity index (χ0n) is 14.8. The number of hydrogen-bond acceptors (Lipinski definition) is 6. The predicted molar refractivity (Wildman–Crippen MR) is 89.2 cm³/mol. The van der Waals surface area contributed by atoms with E-state index in [-0.39, 0.29) is 31.6 Å². The maximum absolute atomic E-state index is 11.5. The van der Waals surface area contributed by atoms with Crippen LogP contribution in [0, 0.1) is 0 Å². The summed E-state index contributed by atoms with van der Waals surface area (Å²) in [4.78, 5) is 33.3. The Morgan fingerprint density at radius 1 is 0.917 bits per heavy atom. The lowest BCUT2D eigenvalue weighted by Crippen LogP contribution is -2.31. The van der Waals surface area contributed by atoms with Gasteiger partial charge in [-0.2, -0.15) is 0 Å². The second-order valence-electron chi connectivity index (χ2n) is 5.80. The molecular weight excluding hydrogens is 314 g/mol. The van der Waals surface area contributed by atoms with Gasteiger partial charge in [-0.15, -0.1) is 0 Å². The number of carbonyl (C=O) groups excluding carboxylic acids is 3. The largest absolute Gasteiger partial charge is 0.463 e. The van der Waals surface area contributed by atoms with E-state index in [0.717, 1.165) is 19.3 Å². The monoisotopic (exact) mass is 345 g/mol. The Morgan fingerprint density at radius 3 is 2.04 bits per heavy atom. The Labute approximate surface area is 144 Å². The van der Waals surface area contributed by atoms with E-state index in [1.807, 2.05) is 0 Å². The zero-order valence-corrected chi connectivity index (χ0v) is 14.8. The summed E-state index contributed by atoms with van der Waals surface area (Å²) < 4.78 is 9.67. The number of aliphatic hydroxyl groups excluding tert-OH is 1. The van der Waals surface area contributed by atoms with Gasteiger partial charge in [-0.25, -0.2) is 0 Å². The molecule has 2 N–H and O–H groups in total. The summed E-state index contributed by atoms with van der Waals surface area (Å²) in [5.41, 5.74) is 0. The second-order valence-corrected chi connectivity index (χ2v) is 5.80. The molecule has 0 saturated heterocycles. The fourth-order valence-electron chi connectivity index (χ4n) is 1.97. The van der Waals surface area contributed by atoms with Crippen molar-refractivity contribution in [3.05, 3.63) is 0 Å². The summed E-state index contributed by atoms with van der Waals surface area (Å²) in [6, 6.07) is 0. The van der Waals surface area contributed by atoms with Crippen molar-refractivity contribution in [3.63, 3.8) is 0 Å². The number of unbranched alkanes of at least 4 members (excludes halogenated alkanes) is 6. The summed E-state index contributed by atoms with van der Waals surface area (Å²) in [7, 11) is 0. The summed E-state index contributed by atoms with van der Waals surface area (Å²) in [6.07, 6.45) is 7.10. The van der Waals surface area contributed by atoms with Crippen molar-refractivity contribution in [1.82, 2.24) is 5.32 Å². The Bertz CT molecular complexity index is 372. The molecule has 140 valence electrons. The van der Waals surface area contributed by atoms with Crippen LogP contribution in [0.5, 0.6) is 0 Å². The fourth-order valence-corrected chi connectivity index (χ4v) is 1.97. The Kier molecular flexibility index (Phi) is 13.9. The van der Waals surface area contributed by atoms with E-state index in [0.29, 0.717) is 6.42 Å². The highest BCUT2D eigenvalue weighted by Crippen LogP contribution is 2.08. The average molecular weight is 345 g/mol. The first kappa shape index (κ1) is 22.4. The number of hydrogen-bond donors (Lipinski definition) is 2. The molecule has 0 bridgehead atoms. The van der Waals surface area contributed by atoms with Crippen molar-refractivity contribution in [1.29, 1.82) is 0 Å². The van der Waals surface area contributed by atoms with Gasteiger partial charge in [-0.05, 0) is 6.42 Å². The van der Waals surface area contributed by atoms with Gasteiger partial charge in [0.2, 0.25) is 5.91 Å². The lowest BCUT2D eigenvalue weighted by molar-refractivity contribution is -0.152. The van der Waals surface area contributed by atoms with E-state index in [1.165, 1.54) is 32.6 Å². The minimum absolute atomic E-state index is 0.206. The molecule has 0 spiro atoms. The molecular formula is C17H31NO6. The second kappa shape index (κ2) is 14.9. The normalized spacial score (nSPS) is 11.6. The zero-order chi connectivity index (χ0) is 18.2. The molecule has 1 atom stereocenters. The van der Waals surface area contributed by atoms with Crippen molar-refractivity contribution in [2.75, 3.05) is 19.8 Å². The van der Waals surface area contributed by atoms with Crippen LogP contribution in [0.1, 0.15) is 65.2 Å². The van der Waals surface area contributed by atoms with Gasteiger partial charge in [0.1, 0.15) is 25.9 Å². The van der Waals surface area contributed by atoms with Gasteiger partial charge in [0.15, 0.2) is 0 Å². The molecule has 1 amide bonds. The molecule has 0 fully saturated rings. The van der Waals surface area contributed by atoms with Crippen LogP contribution in [0.15, 0.2) is 0 Å². The number of nitrogens with one attached hydrogen (secondary N) is 1. The third-order valence-electron chi connectivity index (χ3n) is 3.34. The molecule has 0 aromatic heterocycles. The van der Waals surface area contributed by atoms with Crippen LogP contribution in [0.3, 0.4) is 0 Å². The van der Waals surface area contributed by atoms with Crippen LogP contribution >= 0.6 is 0 Å². The molecule has 0 radical (unpaired) electrons. The van der Waals surface area contributed by atoms with Gasteiger partial charge >= 0.3 is 11.9 Å². The van der Waals surface area contributed by atoms with E-state index in [4.69, 9.17) is 9.47 Å². The van der Waals surface area contributed by atoms with Crippen LogP contribution in [0.4, 0.5) is 0 Å². The fraction of sp³-hybridized carbons (Fsp3) is 0.824. The van der Waals surface area contributed by atoms with E-state index in [9.17, 15) is 19.5 Å². The molecule has 0 rings (SSSR count). The van der Waals surface area contributed by atoms with Crippen molar-refractivity contribution in [2.24, 2.45) is 0 Å². The molecule has 0 aliphatic rings. The Balaban J connectivity index is 3.54. The van der Waals surface area contributed by atoms with Crippen LogP contribution in [0.25, 0.3) is 0 Å². The highest BCUT2D eigenvalue weighted by atomic mass is 16.6. The number of ether oxygens (including phenoxy) is 2. The number of amides is 1. The third kappa shape index (κ3) is 15.3. The van der Waals surface area contributed by atoms with Gasteiger partial charge in [0.05, 0.1) is 0 Å². The Morgan fingerprint density at radius 2 is 1.46 bits per heavy atom. The van der Waals surface area contributed by atoms with Crippen LogP contribution in [-0.4, -0.2) is 48.8 Å². The summed E-state index contributed by atoms with van der Waals surface area (Å²) in [5, 5.41) is 11.9. The molecule has 0 aromatic rings. The lowest BCUT2D eigenvalue weighted by atomic mass is 10.1. The van der Waals surface area contributed by atoms with Gasteiger partial charge in [-0.1, -0.05) is 45.4 Å². The van der Waals surface area contributed by atoms with Gasteiger partial charge in [0.25, 0.3) is 0 Å². The van der Waals surface area contributed by atoms with Crippen molar-refractivity contribution in [2.45, 2.75) is 71.3 Å². The molecule has 0 aliphatic heterocycles. The summed E-state index contributed by atoms with van der Waals surface area (Å²) >= 11 is 0. The van der Waals surface area contributed by atoms with E-state index in [2.05, 4.69) is 12.2 Å². The number of rotatable bonds is 14. The van der Waals surface area contributed by atoms with Gasteiger partial charge < -0.3 is 19.9 Å². The smallest absolute Gasteiger partial charge is 0.325 e. The maximum Gasteiger partial charge on any atom is 0.325 e. The maximum atomic E-state index is 11.5. The van der Waals surface area contributed by atoms with E-state index in [1.54, 1.807) is 0 Å². The van der Waals surface area contributed by atoms with Crippen molar-refractivity contribution in [3.8, 4) is 0 Å². The Hall–Kier alpha value is -1.63. The summed E-state index contributed by atoms with van der Waals surface area (Å²) in [5.74, 6) is -1.35. The number of esters is 2. The van der Waals surface area contributed by atoms with Crippen molar-refractivity contribution < 1.29 is 29.0 Å². The first-order valence-electron chi connectivity index (χ1n) is 8.69. The molecule has 1 unspecified atom stereocenters. The first-order chi connectivity index (χ1) is 11.5. The van der Waals surface area contributed by atoms with Crippen molar-refractivity contribution >= 4 is 17.8 Å². The quantitative estimate of drug-likeness (QED) is 0.367. The van der Waals surface area contributed by atoms with Gasteiger partial charge in [-0.3, -0.25) is 14.4 Å². The predicted octanol–water partition coefficient (Wildman–Crippen LogP) is 1.71. The molecule has 0 aliphatic carbocycles. The topological polar surface area (TPSA) is 102 Å². The minimum atomic E-state index is -1.07.